The van der Waals surface area contributed by atoms with Crippen molar-refractivity contribution in [3.05, 3.63) is 0 Å². The molecule has 0 saturated heterocycles. The van der Waals surface area contributed by atoms with Crippen LogP contribution in [0.3, 0.4) is 0 Å². The molecule has 274 valence electrons. The molecule has 0 bridgehead atoms. The maximum Gasteiger partial charge on any atom is 0.326 e. The highest BCUT2D eigenvalue weighted by molar-refractivity contribution is 5.83. The van der Waals surface area contributed by atoms with Crippen LogP contribution in [-0.2, 0) is 38.0 Å². The van der Waals surface area contributed by atoms with E-state index in [0.717, 1.165) is 128 Å². The molecule has 4 unspecified atom stereocenters. The summed E-state index contributed by atoms with van der Waals surface area (Å²) in [4.78, 5) is 29.0. The molecule has 6 fully saturated rings. The molecule has 4 atom stereocenters. The Kier molecular flexibility index (Phi) is 13.2. The molecule has 8 nitrogen and oxygen atoms in total. The maximum atomic E-state index is 14.6. The van der Waals surface area contributed by atoms with Gasteiger partial charge in [0, 0.05) is 13.8 Å². The molecule has 0 spiro atoms. The van der Waals surface area contributed by atoms with Crippen molar-refractivity contribution in [1.82, 2.24) is 0 Å². The quantitative estimate of drug-likeness (QED) is 0.149. The fraction of sp³-hybridized carbons (Fsp3) is 0.950. The molecule has 6 aliphatic carbocycles. The third-order valence-electron chi connectivity index (χ3n) is 12.6. The number of rotatable bonds is 12. The highest BCUT2D eigenvalue weighted by Crippen LogP contribution is 2.48. The van der Waals surface area contributed by atoms with Gasteiger partial charge in [-0.2, -0.15) is 0 Å². The van der Waals surface area contributed by atoms with Gasteiger partial charge in [-0.1, -0.05) is 96.3 Å². The Morgan fingerprint density at radius 3 is 1.19 bits per heavy atom. The summed E-state index contributed by atoms with van der Waals surface area (Å²) in [7, 11) is 0. The van der Waals surface area contributed by atoms with Gasteiger partial charge in [-0.3, -0.25) is 9.59 Å². The third-order valence-corrected chi connectivity index (χ3v) is 12.6. The van der Waals surface area contributed by atoms with E-state index >= 15 is 0 Å². The van der Waals surface area contributed by atoms with Gasteiger partial charge in [0.05, 0.1) is 36.3 Å². The van der Waals surface area contributed by atoms with Crippen molar-refractivity contribution < 1.29 is 38.0 Å². The number of carbonyl (C=O) groups is 2. The van der Waals surface area contributed by atoms with Gasteiger partial charge in [-0.25, -0.2) is 0 Å². The minimum atomic E-state index is -1.47. The van der Waals surface area contributed by atoms with E-state index in [1.54, 1.807) is 13.8 Å². The number of fused-ring (bicyclic) bond motifs is 1. The minimum Gasteiger partial charge on any atom is -0.408 e. The van der Waals surface area contributed by atoms with Crippen molar-refractivity contribution in [2.24, 2.45) is 23.7 Å². The molecule has 48 heavy (non-hydrogen) atoms. The van der Waals surface area contributed by atoms with Gasteiger partial charge >= 0.3 is 23.9 Å². The van der Waals surface area contributed by atoms with E-state index in [9.17, 15) is 9.59 Å². The number of ether oxygens (including phenoxy) is 6. The van der Waals surface area contributed by atoms with Crippen molar-refractivity contribution in [2.45, 2.75) is 217 Å². The molecule has 0 aromatic carbocycles. The van der Waals surface area contributed by atoms with Gasteiger partial charge in [0.25, 0.3) is 0 Å². The van der Waals surface area contributed by atoms with Crippen molar-refractivity contribution in [3.63, 3.8) is 0 Å². The first-order valence-corrected chi connectivity index (χ1v) is 20.5. The molecule has 6 saturated carbocycles. The second kappa shape index (κ2) is 17.3. The summed E-state index contributed by atoms with van der Waals surface area (Å²) in [5.41, 5.74) is 0. The zero-order valence-electron chi connectivity index (χ0n) is 30.3. The molecule has 0 aliphatic heterocycles. The van der Waals surface area contributed by atoms with E-state index in [4.69, 9.17) is 28.4 Å². The number of hydrogen-bond donors (Lipinski definition) is 0. The molecule has 6 rings (SSSR count). The zero-order valence-corrected chi connectivity index (χ0v) is 30.3. The predicted octanol–water partition coefficient (Wildman–Crippen LogP) is 9.65. The lowest BCUT2D eigenvalue weighted by molar-refractivity contribution is -0.388. The lowest BCUT2D eigenvalue weighted by Crippen LogP contribution is -2.52. The van der Waals surface area contributed by atoms with Crippen LogP contribution < -0.4 is 0 Å². The average molecular weight is 675 g/mol. The van der Waals surface area contributed by atoms with E-state index in [2.05, 4.69) is 0 Å². The van der Waals surface area contributed by atoms with Gasteiger partial charge in [0.1, 0.15) is 0 Å². The van der Waals surface area contributed by atoms with Gasteiger partial charge in [0.2, 0.25) is 0 Å². The molecule has 8 heteroatoms. The first kappa shape index (κ1) is 36.6. The second-order valence-electron chi connectivity index (χ2n) is 16.5. The Morgan fingerprint density at radius 1 is 0.417 bits per heavy atom. The topological polar surface area (TPSA) is 89.5 Å². The SMILES string of the molecule is CC(OC(=O)C1CCC2CCCCC2C1C(=O)OC(C)(OC1CCCCC1)OC1CCCCC1)(OC1CCCCC1)OC1CCCCC1. The predicted molar refractivity (Wildman–Crippen MR) is 182 cm³/mol. The first-order chi connectivity index (χ1) is 23.3. The molecule has 0 aromatic heterocycles. The van der Waals surface area contributed by atoms with E-state index in [-0.39, 0.29) is 36.3 Å². The van der Waals surface area contributed by atoms with Crippen LogP contribution in [0, 0.1) is 23.7 Å². The number of hydrogen-bond acceptors (Lipinski definition) is 8. The summed E-state index contributed by atoms with van der Waals surface area (Å²) in [5.74, 6) is -4.43. The van der Waals surface area contributed by atoms with Crippen LogP contribution in [0.5, 0.6) is 0 Å². The lowest BCUT2D eigenvalue weighted by atomic mass is 9.61. The largest absolute Gasteiger partial charge is 0.408 e. The zero-order chi connectivity index (χ0) is 33.4. The Bertz CT molecular complexity index is 967. The fourth-order valence-corrected chi connectivity index (χ4v) is 10.1. The van der Waals surface area contributed by atoms with Crippen LogP contribution in [0.1, 0.15) is 181 Å². The summed E-state index contributed by atoms with van der Waals surface area (Å²) in [6, 6.07) is 0. The highest BCUT2D eigenvalue weighted by atomic mass is 16.9. The summed E-state index contributed by atoms with van der Waals surface area (Å²) in [6.45, 7) is 3.59. The van der Waals surface area contributed by atoms with Crippen molar-refractivity contribution in [2.75, 3.05) is 0 Å². The first-order valence-electron chi connectivity index (χ1n) is 20.5. The van der Waals surface area contributed by atoms with Crippen LogP contribution in [0.4, 0.5) is 0 Å². The molecule has 0 heterocycles. The minimum absolute atomic E-state index is 0.00395. The molecule has 0 aromatic rings. The molecule has 0 amide bonds. The molecular formula is C40H66O8. The van der Waals surface area contributed by atoms with Crippen LogP contribution in [0.25, 0.3) is 0 Å². The third kappa shape index (κ3) is 9.97. The monoisotopic (exact) mass is 674 g/mol. The Morgan fingerprint density at radius 2 is 0.771 bits per heavy atom. The van der Waals surface area contributed by atoms with E-state index in [1.165, 1.54) is 32.1 Å². The van der Waals surface area contributed by atoms with E-state index in [1.807, 2.05) is 0 Å². The summed E-state index contributed by atoms with van der Waals surface area (Å²) >= 11 is 0. The molecule has 0 N–H and O–H groups in total. The smallest absolute Gasteiger partial charge is 0.326 e. The Hall–Kier alpha value is -1.22. The van der Waals surface area contributed by atoms with Gasteiger partial charge < -0.3 is 28.4 Å². The summed E-state index contributed by atoms with van der Waals surface area (Å²) < 4.78 is 39.1. The van der Waals surface area contributed by atoms with Gasteiger partial charge in [-0.05, 0) is 82.5 Å². The standard InChI is InChI=1S/C40H66O8/c1-39(43-30-18-7-3-8-19-30,44-31-20-9-4-10-21-31)47-37(41)35-28-27-29-17-15-16-26-34(29)36(35)38(42)48-40(2,45-32-22-11-5-12-23-32)46-33-24-13-6-14-25-33/h29-36H,3-28H2,1-2H3. The summed E-state index contributed by atoms with van der Waals surface area (Å²) in [5, 5.41) is 0. The normalized spacial score (nSPS) is 30.8. The van der Waals surface area contributed by atoms with E-state index < -0.39 is 29.8 Å². The Balaban J connectivity index is 1.21. The molecular weight excluding hydrogens is 608 g/mol. The van der Waals surface area contributed by atoms with Crippen molar-refractivity contribution in [1.29, 1.82) is 0 Å². The molecule has 0 radical (unpaired) electrons. The fourth-order valence-electron chi connectivity index (χ4n) is 10.1. The Labute approximate surface area is 290 Å². The van der Waals surface area contributed by atoms with Crippen molar-refractivity contribution >= 4 is 11.9 Å². The van der Waals surface area contributed by atoms with Crippen LogP contribution in [-0.4, -0.2) is 48.3 Å². The van der Waals surface area contributed by atoms with Crippen molar-refractivity contribution in [3.8, 4) is 0 Å². The number of carbonyl (C=O) groups excluding carboxylic acids is 2. The highest BCUT2D eigenvalue weighted by Gasteiger charge is 2.52. The molecule has 6 aliphatic rings. The van der Waals surface area contributed by atoms with E-state index in [0.29, 0.717) is 12.3 Å². The van der Waals surface area contributed by atoms with Gasteiger partial charge in [0.15, 0.2) is 0 Å². The lowest BCUT2D eigenvalue weighted by Gasteiger charge is -2.46. The number of esters is 2. The van der Waals surface area contributed by atoms with Crippen LogP contribution >= 0.6 is 0 Å². The summed E-state index contributed by atoms with van der Waals surface area (Å²) in [6.07, 6.45) is 27.1. The maximum absolute atomic E-state index is 14.6. The van der Waals surface area contributed by atoms with Crippen LogP contribution in [0.2, 0.25) is 0 Å². The second-order valence-corrected chi connectivity index (χ2v) is 16.5. The van der Waals surface area contributed by atoms with Gasteiger partial charge in [-0.15, -0.1) is 0 Å². The van der Waals surface area contributed by atoms with Crippen LogP contribution in [0.15, 0.2) is 0 Å². The average Bonchev–Trinajstić information content (AvgIpc) is 3.09.